The fraction of sp³-hybridized carbons (Fsp3) is 0.727. The molecule has 0 N–H and O–H groups in total. The molecule has 1 unspecified atom stereocenters. The lowest BCUT2D eigenvalue weighted by atomic mass is 10.2. The molecule has 1 saturated heterocycles. The molecule has 0 bridgehead atoms. The van der Waals surface area contributed by atoms with Gasteiger partial charge in [-0.2, -0.15) is 0 Å². The minimum atomic E-state index is 0.0276. The van der Waals surface area contributed by atoms with Crippen molar-refractivity contribution >= 4 is 5.91 Å². The van der Waals surface area contributed by atoms with Gasteiger partial charge < -0.3 is 9.64 Å². The summed E-state index contributed by atoms with van der Waals surface area (Å²) in [4.78, 5) is 13.3. The molecule has 0 aromatic carbocycles. The van der Waals surface area contributed by atoms with E-state index in [4.69, 9.17) is 4.74 Å². The van der Waals surface area contributed by atoms with Crippen molar-refractivity contribution in [3.05, 3.63) is 12.7 Å². The molecule has 14 heavy (non-hydrogen) atoms. The first kappa shape index (κ1) is 11.2. The largest absolute Gasteiger partial charge is 0.377 e. The van der Waals surface area contributed by atoms with Gasteiger partial charge in [-0.1, -0.05) is 6.58 Å². The van der Waals surface area contributed by atoms with E-state index in [1.54, 1.807) is 0 Å². The van der Waals surface area contributed by atoms with Crippen molar-refractivity contribution in [1.29, 1.82) is 0 Å². The molecule has 0 radical (unpaired) electrons. The van der Waals surface area contributed by atoms with E-state index in [0.29, 0.717) is 6.61 Å². The molecular weight excluding hydrogens is 178 g/mol. The lowest BCUT2D eigenvalue weighted by Gasteiger charge is -2.24. The van der Waals surface area contributed by atoms with Crippen LogP contribution in [-0.4, -0.2) is 36.1 Å². The standard InChI is InChI=1S/C11H19NO2/c1-4-11(13)12-7-5-6-10(12)8-14-9(2)3/h4,9-10H,1,5-8H2,2-3H3. The van der Waals surface area contributed by atoms with Crippen LogP contribution in [0.3, 0.4) is 0 Å². The van der Waals surface area contributed by atoms with Crippen molar-refractivity contribution < 1.29 is 9.53 Å². The van der Waals surface area contributed by atoms with Gasteiger partial charge in [0.25, 0.3) is 0 Å². The first-order valence-corrected chi connectivity index (χ1v) is 5.19. The van der Waals surface area contributed by atoms with Gasteiger partial charge in [0.2, 0.25) is 5.91 Å². The third-order valence-corrected chi connectivity index (χ3v) is 2.46. The minimum absolute atomic E-state index is 0.0276. The maximum atomic E-state index is 11.4. The van der Waals surface area contributed by atoms with Crippen LogP contribution in [0.25, 0.3) is 0 Å². The van der Waals surface area contributed by atoms with Crippen LogP contribution in [0.2, 0.25) is 0 Å². The van der Waals surface area contributed by atoms with Gasteiger partial charge in [-0.3, -0.25) is 4.79 Å². The molecule has 1 atom stereocenters. The summed E-state index contributed by atoms with van der Waals surface area (Å²) in [5, 5.41) is 0. The summed E-state index contributed by atoms with van der Waals surface area (Å²) < 4.78 is 5.52. The number of rotatable bonds is 4. The molecule has 80 valence electrons. The highest BCUT2D eigenvalue weighted by Crippen LogP contribution is 2.18. The molecule has 3 heteroatoms. The molecule has 1 fully saturated rings. The maximum Gasteiger partial charge on any atom is 0.246 e. The second-order valence-electron chi connectivity index (χ2n) is 3.91. The molecule has 0 aliphatic carbocycles. The summed E-state index contributed by atoms with van der Waals surface area (Å²) in [6.07, 6.45) is 3.74. The molecule has 3 nitrogen and oxygen atoms in total. The van der Waals surface area contributed by atoms with E-state index < -0.39 is 0 Å². The van der Waals surface area contributed by atoms with E-state index in [9.17, 15) is 4.79 Å². The summed E-state index contributed by atoms with van der Waals surface area (Å²) in [6.45, 7) is 9.01. The lowest BCUT2D eigenvalue weighted by Crippen LogP contribution is -2.37. The van der Waals surface area contributed by atoms with E-state index in [-0.39, 0.29) is 18.1 Å². The Kier molecular flexibility index (Phi) is 4.14. The van der Waals surface area contributed by atoms with E-state index >= 15 is 0 Å². The number of hydrogen-bond acceptors (Lipinski definition) is 2. The van der Waals surface area contributed by atoms with Crippen LogP contribution >= 0.6 is 0 Å². The first-order valence-electron chi connectivity index (χ1n) is 5.19. The Morgan fingerprint density at radius 3 is 3.00 bits per heavy atom. The minimum Gasteiger partial charge on any atom is -0.377 e. The number of hydrogen-bond donors (Lipinski definition) is 0. The summed E-state index contributed by atoms with van der Waals surface area (Å²) in [5.41, 5.74) is 0. The molecule has 0 aromatic heterocycles. The highest BCUT2D eigenvalue weighted by Gasteiger charge is 2.27. The van der Waals surface area contributed by atoms with Crippen molar-refractivity contribution in [2.45, 2.75) is 38.8 Å². The molecule has 0 saturated carbocycles. The molecule has 1 aliphatic rings. The van der Waals surface area contributed by atoms with Crippen LogP contribution in [0.15, 0.2) is 12.7 Å². The molecule has 1 aliphatic heterocycles. The van der Waals surface area contributed by atoms with E-state index in [0.717, 1.165) is 19.4 Å². The maximum absolute atomic E-state index is 11.4. The number of ether oxygens (including phenoxy) is 1. The average Bonchev–Trinajstić information content (AvgIpc) is 2.61. The Morgan fingerprint density at radius 2 is 2.43 bits per heavy atom. The van der Waals surface area contributed by atoms with Gasteiger partial charge in [-0.05, 0) is 32.8 Å². The summed E-state index contributed by atoms with van der Waals surface area (Å²) in [5.74, 6) is 0.0276. The second-order valence-corrected chi connectivity index (χ2v) is 3.91. The lowest BCUT2D eigenvalue weighted by molar-refractivity contribution is -0.128. The van der Waals surface area contributed by atoms with Crippen LogP contribution in [0, 0.1) is 0 Å². The van der Waals surface area contributed by atoms with Gasteiger partial charge in [0.15, 0.2) is 0 Å². The Labute approximate surface area is 85.7 Å². The SMILES string of the molecule is C=CC(=O)N1CCCC1COC(C)C. The Bertz CT molecular complexity index is 213. The fourth-order valence-corrected chi connectivity index (χ4v) is 1.72. The zero-order valence-electron chi connectivity index (χ0n) is 9.03. The molecule has 0 spiro atoms. The Hall–Kier alpha value is -0.830. The van der Waals surface area contributed by atoms with Gasteiger partial charge in [-0.25, -0.2) is 0 Å². The molecule has 1 rings (SSSR count). The second kappa shape index (κ2) is 5.15. The van der Waals surface area contributed by atoms with Crippen molar-refractivity contribution in [3.63, 3.8) is 0 Å². The van der Waals surface area contributed by atoms with Crippen LogP contribution in [0.5, 0.6) is 0 Å². The number of carbonyl (C=O) groups excluding carboxylic acids is 1. The number of nitrogens with zero attached hydrogens (tertiary/aromatic N) is 1. The first-order chi connectivity index (χ1) is 6.65. The van der Waals surface area contributed by atoms with Crippen LogP contribution < -0.4 is 0 Å². The topological polar surface area (TPSA) is 29.5 Å². The van der Waals surface area contributed by atoms with Crippen molar-refractivity contribution in [1.82, 2.24) is 4.90 Å². The van der Waals surface area contributed by atoms with Crippen molar-refractivity contribution in [2.24, 2.45) is 0 Å². The van der Waals surface area contributed by atoms with Crippen LogP contribution in [0.4, 0.5) is 0 Å². The van der Waals surface area contributed by atoms with Crippen LogP contribution in [-0.2, 0) is 9.53 Å². The number of likely N-dealkylation sites (tertiary alicyclic amines) is 1. The molecule has 1 heterocycles. The summed E-state index contributed by atoms with van der Waals surface area (Å²) in [6, 6.07) is 0.253. The van der Waals surface area contributed by atoms with Gasteiger partial charge in [-0.15, -0.1) is 0 Å². The third-order valence-electron chi connectivity index (χ3n) is 2.46. The number of amides is 1. The van der Waals surface area contributed by atoms with Crippen LogP contribution in [0.1, 0.15) is 26.7 Å². The van der Waals surface area contributed by atoms with Crippen molar-refractivity contribution in [2.75, 3.05) is 13.2 Å². The summed E-state index contributed by atoms with van der Waals surface area (Å²) in [7, 11) is 0. The average molecular weight is 197 g/mol. The fourth-order valence-electron chi connectivity index (χ4n) is 1.72. The van der Waals surface area contributed by atoms with E-state index in [1.807, 2.05) is 18.7 Å². The highest BCUT2D eigenvalue weighted by molar-refractivity contribution is 5.87. The normalized spacial score (nSPS) is 21.6. The van der Waals surface area contributed by atoms with E-state index in [1.165, 1.54) is 6.08 Å². The van der Waals surface area contributed by atoms with E-state index in [2.05, 4.69) is 6.58 Å². The zero-order chi connectivity index (χ0) is 10.6. The monoisotopic (exact) mass is 197 g/mol. The highest BCUT2D eigenvalue weighted by atomic mass is 16.5. The zero-order valence-corrected chi connectivity index (χ0v) is 9.03. The van der Waals surface area contributed by atoms with Gasteiger partial charge in [0.05, 0.1) is 18.8 Å². The quantitative estimate of drug-likeness (QED) is 0.640. The predicted molar refractivity (Wildman–Crippen MR) is 56.0 cm³/mol. The van der Waals surface area contributed by atoms with Gasteiger partial charge >= 0.3 is 0 Å². The predicted octanol–water partition coefficient (Wildman–Crippen LogP) is 1.59. The number of carbonyl (C=O) groups is 1. The molecular formula is C11H19NO2. The third kappa shape index (κ3) is 2.84. The Morgan fingerprint density at radius 1 is 1.71 bits per heavy atom. The van der Waals surface area contributed by atoms with Crippen molar-refractivity contribution in [3.8, 4) is 0 Å². The molecule has 0 aromatic rings. The molecule has 1 amide bonds. The Balaban J connectivity index is 2.43. The smallest absolute Gasteiger partial charge is 0.246 e. The summed E-state index contributed by atoms with van der Waals surface area (Å²) >= 11 is 0. The van der Waals surface area contributed by atoms with Gasteiger partial charge in [0.1, 0.15) is 0 Å². The van der Waals surface area contributed by atoms with Gasteiger partial charge in [0, 0.05) is 6.54 Å².